The molecule has 0 spiro atoms. The molecule has 1 heterocycles. The van der Waals surface area contributed by atoms with Crippen LogP contribution in [-0.4, -0.2) is 36.3 Å². The Balaban J connectivity index is 2.14. The monoisotopic (exact) mass is 246 g/mol. The maximum absolute atomic E-state index is 12.2. The van der Waals surface area contributed by atoms with Gasteiger partial charge in [0.2, 0.25) is 5.91 Å². The van der Waals surface area contributed by atoms with Crippen molar-refractivity contribution in [3.05, 3.63) is 35.4 Å². The smallest absolute Gasteiger partial charge is 0.260 e. The zero-order valence-corrected chi connectivity index (χ0v) is 10.8. The van der Waals surface area contributed by atoms with Crippen LogP contribution in [0.4, 0.5) is 0 Å². The van der Waals surface area contributed by atoms with Crippen molar-refractivity contribution in [3.8, 4) is 0 Å². The minimum Gasteiger partial charge on any atom is -0.317 e. The lowest BCUT2D eigenvalue weighted by molar-refractivity contribution is -0.128. The van der Waals surface area contributed by atoms with Crippen LogP contribution in [0, 0.1) is 0 Å². The molecule has 1 N–H and O–H groups in total. The minimum absolute atomic E-state index is 0.0954. The van der Waals surface area contributed by atoms with Crippen molar-refractivity contribution in [1.29, 1.82) is 0 Å². The van der Waals surface area contributed by atoms with E-state index in [4.69, 9.17) is 0 Å². The molecule has 0 aromatic heterocycles. The average Bonchev–Trinajstić information content (AvgIpc) is 2.38. The lowest BCUT2D eigenvalue weighted by atomic mass is 9.98. The molecule has 0 saturated carbocycles. The van der Waals surface area contributed by atoms with Crippen LogP contribution < -0.4 is 5.32 Å². The Kier molecular flexibility index (Phi) is 3.77. The van der Waals surface area contributed by atoms with Crippen molar-refractivity contribution in [2.75, 3.05) is 13.6 Å². The third-order valence-corrected chi connectivity index (χ3v) is 3.41. The molecule has 1 aromatic carbocycles. The van der Waals surface area contributed by atoms with Crippen LogP contribution in [0.1, 0.15) is 29.3 Å². The largest absolute Gasteiger partial charge is 0.317 e. The highest BCUT2D eigenvalue weighted by Crippen LogP contribution is 2.19. The number of fused-ring (bicyclic) bond motifs is 1. The van der Waals surface area contributed by atoms with Gasteiger partial charge in [-0.1, -0.05) is 18.2 Å². The summed E-state index contributed by atoms with van der Waals surface area (Å²) in [5, 5.41) is 3.10. The van der Waals surface area contributed by atoms with Crippen molar-refractivity contribution in [1.82, 2.24) is 10.2 Å². The first-order chi connectivity index (χ1) is 8.63. The number of benzene rings is 1. The topological polar surface area (TPSA) is 49.4 Å². The fraction of sp³-hybridized carbons (Fsp3) is 0.429. The second-order valence-electron chi connectivity index (χ2n) is 4.66. The highest BCUT2D eigenvalue weighted by molar-refractivity contribution is 6.09. The van der Waals surface area contributed by atoms with Gasteiger partial charge in [-0.3, -0.25) is 14.5 Å². The van der Waals surface area contributed by atoms with E-state index in [1.54, 1.807) is 6.07 Å². The van der Waals surface area contributed by atoms with Gasteiger partial charge in [0, 0.05) is 18.2 Å². The molecular formula is C14H18N2O2. The lowest BCUT2D eigenvalue weighted by Crippen LogP contribution is -2.44. The van der Waals surface area contributed by atoms with Crippen LogP contribution in [0.15, 0.2) is 24.3 Å². The second kappa shape index (κ2) is 5.31. The van der Waals surface area contributed by atoms with E-state index in [0.29, 0.717) is 24.6 Å². The number of hydrogen-bond acceptors (Lipinski definition) is 3. The summed E-state index contributed by atoms with van der Waals surface area (Å²) in [4.78, 5) is 25.5. The van der Waals surface area contributed by atoms with Gasteiger partial charge in [0.05, 0.1) is 6.42 Å². The van der Waals surface area contributed by atoms with Crippen LogP contribution in [0.5, 0.6) is 0 Å². The Labute approximate surface area is 107 Å². The fourth-order valence-corrected chi connectivity index (χ4v) is 2.09. The Hall–Kier alpha value is -1.68. The molecule has 1 aliphatic rings. The van der Waals surface area contributed by atoms with Gasteiger partial charge in [0.1, 0.15) is 0 Å². The van der Waals surface area contributed by atoms with Crippen LogP contribution >= 0.6 is 0 Å². The standard InChI is InChI=1S/C14H18N2O2/c1-10(15-2)7-8-16-13(17)9-11-5-3-4-6-12(11)14(16)18/h3-6,10,15H,7-9H2,1-2H3. The van der Waals surface area contributed by atoms with Gasteiger partial charge >= 0.3 is 0 Å². The fourth-order valence-electron chi connectivity index (χ4n) is 2.09. The summed E-state index contributed by atoms with van der Waals surface area (Å²) in [6.45, 7) is 2.51. The first-order valence-corrected chi connectivity index (χ1v) is 6.23. The molecule has 1 aliphatic heterocycles. The number of imide groups is 1. The highest BCUT2D eigenvalue weighted by atomic mass is 16.2. The molecule has 0 radical (unpaired) electrons. The quantitative estimate of drug-likeness (QED) is 0.812. The molecule has 4 heteroatoms. The molecular weight excluding hydrogens is 228 g/mol. The maximum Gasteiger partial charge on any atom is 0.260 e. The zero-order chi connectivity index (χ0) is 13.1. The number of nitrogens with zero attached hydrogens (tertiary/aromatic N) is 1. The number of hydrogen-bond donors (Lipinski definition) is 1. The summed E-state index contributed by atoms with van der Waals surface area (Å²) in [5.41, 5.74) is 1.50. The summed E-state index contributed by atoms with van der Waals surface area (Å²) < 4.78 is 0. The summed E-state index contributed by atoms with van der Waals surface area (Å²) in [7, 11) is 1.87. The van der Waals surface area contributed by atoms with Crippen molar-refractivity contribution in [2.45, 2.75) is 25.8 Å². The number of amides is 2. The Morgan fingerprint density at radius 2 is 2.06 bits per heavy atom. The van der Waals surface area contributed by atoms with E-state index in [0.717, 1.165) is 12.0 Å². The molecule has 1 atom stereocenters. The van der Waals surface area contributed by atoms with E-state index < -0.39 is 0 Å². The summed E-state index contributed by atoms with van der Waals surface area (Å²) >= 11 is 0. The van der Waals surface area contributed by atoms with Gasteiger partial charge < -0.3 is 5.32 Å². The van der Waals surface area contributed by atoms with Gasteiger partial charge in [-0.2, -0.15) is 0 Å². The summed E-state index contributed by atoms with van der Waals surface area (Å²) in [6.07, 6.45) is 1.10. The van der Waals surface area contributed by atoms with E-state index in [1.165, 1.54) is 4.90 Å². The molecule has 0 aliphatic carbocycles. The summed E-state index contributed by atoms with van der Waals surface area (Å²) in [5.74, 6) is -0.257. The molecule has 18 heavy (non-hydrogen) atoms. The average molecular weight is 246 g/mol. The molecule has 2 rings (SSSR count). The second-order valence-corrected chi connectivity index (χ2v) is 4.66. The Bertz CT molecular complexity index is 471. The van der Waals surface area contributed by atoms with Gasteiger partial charge in [0.25, 0.3) is 5.91 Å². The third kappa shape index (κ3) is 2.43. The van der Waals surface area contributed by atoms with E-state index in [9.17, 15) is 9.59 Å². The van der Waals surface area contributed by atoms with Crippen molar-refractivity contribution >= 4 is 11.8 Å². The van der Waals surface area contributed by atoms with Crippen LogP contribution in [-0.2, 0) is 11.2 Å². The molecule has 0 fully saturated rings. The number of carbonyl (C=O) groups is 2. The first-order valence-electron chi connectivity index (χ1n) is 6.23. The van der Waals surface area contributed by atoms with Gasteiger partial charge in [-0.05, 0) is 32.0 Å². The molecule has 0 bridgehead atoms. The predicted molar refractivity (Wildman–Crippen MR) is 69.3 cm³/mol. The van der Waals surface area contributed by atoms with E-state index in [1.807, 2.05) is 32.2 Å². The molecule has 1 aromatic rings. The molecule has 4 nitrogen and oxygen atoms in total. The van der Waals surface area contributed by atoms with E-state index >= 15 is 0 Å². The number of nitrogens with one attached hydrogen (secondary N) is 1. The lowest BCUT2D eigenvalue weighted by Gasteiger charge is -2.27. The molecule has 0 saturated heterocycles. The minimum atomic E-state index is -0.162. The third-order valence-electron chi connectivity index (χ3n) is 3.41. The number of rotatable bonds is 4. The number of carbonyl (C=O) groups excluding carboxylic acids is 2. The predicted octanol–water partition coefficient (Wildman–Crippen LogP) is 1.21. The Morgan fingerprint density at radius 3 is 2.78 bits per heavy atom. The Morgan fingerprint density at radius 1 is 1.33 bits per heavy atom. The highest BCUT2D eigenvalue weighted by Gasteiger charge is 2.30. The first kappa shape index (κ1) is 12.8. The zero-order valence-electron chi connectivity index (χ0n) is 10.8. The van der Waals surface area contributed by atoms with Crippen molar-refractivity contribution < 1.29 is 9.59 Å². The molecule has 2 amide bonds. The van der Waals surface area contributed by atoms with Crippen molar-refractivity contribution in [3.63, 3.8) is 0 Å². The van der Waals surface area contributed by atoms with Crippen LogP contribution in [0.2, 0.25) is 0 Å². The van der Waals surface area contributed by atoms with Gasteiger partial charge in [-0.15, -0.1) is 0 Å². The van der Waals surface area contributed by atoms with Gasteiger partial charge in [0.15, 0.2) is 0 Å². The van der Waals surface area contributed by atoms with Crippen molar-refractivity contribution in [2.24, 2.45) is 0 Å². The molecule has 96 valence electrons. The SMILES string of the molecule is CNC(C)CCN1C(=O)Cc2ccccc2C1=O. The van der Waals surface area contributed by atoms with E-state index in [2.05, 4.69) is 5.32 Å². The maximum atomic E-state index is 12.2. The van der Waals surface area contributed by atoms with Crippen LogP contribution in [0.25, 0.3) is 0 Å². The van der Waals surface area contributed by atoms with Crippen LogP contribution in [0.3, 0.4) is 0 Å². The normalized spacial score (nSPS) is 16.7. The van der Waals surface area contributed by atoms with E-state index in [-0.39, 0.29) is 11.8 Å². The molecule has 1 unspecified atom stereocenters. The summed E-state index contributed by atoms with van der Waals surface area (Å²) in [6, 6.07) is 7.62. The van der Waals surface area contributed by atoms with Gasteiger partial charge in [-0.25, -0.2) is 0 Å².